The summed E-state index contributed by atoms with van der Waals surface area (Å²) in [6.45, 7) is 9.96. The Morgan fingerprint density at radius 1 is 0.608 bits per heavy atom. The van der Waals surface area contributed by atoms with Gasteiger partial charge in [0.2, 0.25) is 47.3 Å². The maximum absolute atomic E-state index is 15.2. The van der Waals surface area contributed by atoms with Crippen molar-refractivity contribution in [1.29, 1.82) is 0 Å². The third kappa shape index (κ3) is 19.3. The Hall–Kier alpha value is -10.5. The highest BCUT2D eigenvalue weighted by Crippen LogP contribution is 2.29. The largest absolute Gasteiger partial charge is 0.490 e. The zero-order valence-electron chi connectivity index (χ0n) is 58.5. The van der Waals surface area contributed by atoms with Gasteiger partial charge in [-0.05, 0) is 116 Å². The molecule has 7 heterocycles. The first kappa shape index (κ1) is 75.7. The number of hydrogen-bond acceptors (Lipinski definition) is 15. The maximum Gasteiger partial charge on any atom is 0.326 e. The number of rotatable bonds is 15. The third-order valence-corrected chi connectivity index (χ3v) is 19.0. The molecule has 9 amide bonds. The van der Waals surface area contributed by atoms with Gasteiger partial charge < -0.3 is 82.3 Å². The molecule has 0 spiro atoms. The summed E-state index contributed by atoms with van der Waals surface area (Å²) in [7, 11) is 3.19. The molecule has 5 aromatic carbocycles. The van der Waals surface area contributed by atoms with Crippen molar-refractivity contribution < 1.29 is 72.4 Å². The lowest BCUT2D eigenvalue weighted by Crippen LogP contribution is -2.61. The van der Waals surface area contributed by atoms with E-state index in [4.69, 9.17) is 9.47 Å². The van der Waals surface area contributed by atoms with E-state index in [0.29, 0.717) is 28.0 Å². The van der Waals surface area contributed by atoms with E-state index in [1.165, 1.54) is 34.1 Å². The number of hydrogen-bond donors (Lipinski definition) is 12. The monoisotopic (exact) mass is 1400 g/mol. The molecule has 1 aromatic heterocycles. The fraction of sp³-hybridized carbons (Fsp3) is 0.427. The van der Waals surface area contributed by atoms with Crippen LogP contribution < -0.4 is 52.6 Å². The quantitative estimate of drug-likeness (QED) is 0.0658. The molecule has 1 unspecified atom stereocenters. The van der Waals surface area contributed by atoms with Crippen LogP contribution in [-0.4, -0.2) is 203 Å². The lowest BCUT2D eigenvalue weighted by Gasteiger charge is -2.36. The zero-order chi connectivity index (χ0) is 73.5. The molecule has 8 bridgehead atoms. The molecule has 0 aliphatic carbocycles. The first-order valence-corrected chi connectivity index (χ1v) is 34.4. The SMILES string of the molecule is CC[C@H](NC(=O)[C@H](C)NC)C(=O)N1C[C@@H]2CC1C(=O)N[C@@H](Cc1c[nH]c3ccccc13)C(=O)N[C@H](C(=O)O)Cc1ccc(cc1)C(=O)N[C@H]1C[C@@H](C(=O)N[C@@H](Cc3ccc4ccccc4c3)C(=O)N[C@H](C(=O)O)Cc3ccc(cc3)OC/C=C/CO2)N(C(=O)[C@@H](NC(=O)[C@H](C)NC)C(C)(C)C)C1. The van der Waals surface area contributed by atoms with Gasteiger partial charge in [0.15, 0.2) is 0 Å². The number of para-hydroxylation sites is 1. The molecule has 6 aliphatic rings. The molecule has 27 heteroatoms. The van der Waals surface area contributed by atoms with Crippen molar-refractivity contribution in [2.45, 2.75) is 159 Å². The van der Waals surface area contributed by atoms with Gasteiger partial charge in [-0.2, -0.15) is 0 Å². The number of aromatic amines is 1. The second kappa shape index (κ2) is 34.2. The predicted molar refractivity (Wildman–Crippen MR) is 379 cm³/mol. The minimum Gasteiger partial charge on any atom is -0.490 e. The summed E-state index contributed by atoms with van der Waals surface area (Å²) >= 11 is 0. The second-order valence-electron chi connectivity index (χ2n) is 27.3. The van der Waals surface area contributed by atoms with E-state index in [1.807, 2.05) is 60.7 Å². The highest BCUT2D eigenvalue weighted by molar-refractivity contribution is 5.99. The van der Waals surface area contributed by atoms with Crippen molar-refractivity contribution in [2.24, 2.45) is 5.41 Å². The fourth-order valence-corrected chi connectivity index (χ4v) is 12.8. The predicted octanol–water partition coefficient (Wildman–Crippen LogP) is 2.98. The molecular weight excluding hydrogens is 1310 g/mol. The maximum atomic E-state index is 15.2. The Morgan fingerprint density at radius 3 is 1.77 bits per heavy atom. The fourth-order valence-electron chi connectivity index (χ4n) is 12.8. The minimum absolute atomic E-state index is 0.0129. The Morgan fingerprint density at radius 2 is 1.17 bits per heavy atom. The van der Waals surface area contributed by atoms with Gasteiger partial charge in [0.1, 0.15) is 60.7 Å². The van der Waals surface area contributed by atoms with Crippen LogP contribution in [0.25, 0.3) is 21.7 Å². The van der Waals surface area contributed by atoms with Crippen molar-refractivity contribution in [2.75, 3.05) is 40.4 Å². The average Bonchev–Trinajstić information content (AvgIpc) is 1.61. The topological polar surface area (TPSA) is 377 Å². The Labute approximate surface area is 591 Å². The highest BCUT2D eigenvalue weighted by Gasteiger charge is 2.47. The van der Waals surface area contributed by atoms with Crippen LogP contribution in [-0.2, 0) is 78.4 Å². The lowest BCUT2D eigenvalue weighted by atomic mass is 9.85. The van der Waals surface area contributed by atoms with Gasteiger partial charge in [-0.25, -0.2) is 9.59 Å². The molecule has 542 valence electrons. The molecule has 27 nitrogen and oxygen atoms in total. The average molecular weight is 1400 g/mol. The van der Waals surface area contributed by atoms with E-state index < -0.39 is 143 Å². The number of fused-ring (bicyclic) bond motifs is 2. The van der Waals surface area contributed by atoms with Crippen LogP contribution in [0.4, 0.5) is 0 Å². The Balaban J connectivity index is 1.04. The number of H-pyrrole nitrogens is 1. The van der Waals surface area contributed by atoms with Gasteiger partial charge >= 0.3 is 11.9 Å². The van der Waals surface area contributed by atoms with E-state index in [0.717, 1.165) is 21.7 Å². The molecule has 12 rings (SSSR count). The number of carbonyl (C=O) groups is 11. The molecule has 6 aromatic rings. The van der Waals surface area contributed by atoms with Crippen molar-refractivity contribution in [3.63, 3.8) is 0 Å². The van der Waals surface area contributed by atoms with Crippen molar-refractivity contribution >= 4 is 86.8 Å². The first-order valence-electron chi connectivity index (χ1n) is 34.4. The summed E-state index contributed by atoms with van der Waals surface area (Å²) in [6, 6.07) is 19.7. The molecule has 0 saturated carbocycles. The number of aliphatic carboxylic acids is 2. The first-order chi connectivity index (χ1) is 48.7. The van der Waals surface area contributed by atoms with Gasteiger partial charge in [-0.1, -0.05) is 119 Å². The van der Waals surface area contributed by atoms with Crippen molar-refractivity contribution in [3.05, 3.63) is 161 Å². The summed E-state index contributed by atoms with van der Waals surface area (Å²) in [5, 5.41) is 49.1. The molecule has 12 N–H and O–H groups in total. The van der Waals surface area contributed by atoms with E-state index in [9.17, 15) is 53.4 Å². The van der Waals surface area contributed by atoms with E-state index in [-0.39, 0.29) is 76.8 Å². The van der Waals surface area contributed by atoms with Crippen molar-refractivity contribution in [1.82, 2.24) is 62.6 Å². The number of aromatic nitrogens is 1. The highest BCUT2D eigenvalue weighted by atomic mass is 16.5. The molecule has 2 fully saturated rings. The molecule has 102 heavy (non-hydrogen) atoms. The van der Waals surface area contributed by atoms with Gasteiger partial charge in [0.25, 0.3) is 5.91 Å². The number of ether oxygens (including phenoxy) is 2. The van der Waals surface area contributed by atoms with E-state index in [1.54, 1.807) is 104 Å². The summed E-state index contributed by atoms with van der Waals surface area (Å²) < 4.78 is 12.2. The summed E-state index contributed by atoms with van der Waals surface area (Å²) in [5.41, 5.74) is 2.02. The van der Waals surface area contributed by atoms with Crippen LogP contribution in [0.3, 0.4) is 0 Å². The number of likely N-dealkylation sites (N-methyl/N-ethyl adjacent to an activating group) is 2. The number of carbonyl (C=O) groups excluding carboxylic acids is 9. The summed E-state index contributed by atoms with van der Waals surface area (Å²) in [4.78, 5) is 162. The van der Waals surface area contributed by atoms with Crippen LogP contribution in [0.5, 0.6) is 5.75 Å². The molecule has 2 saturated heterocycles. The van der Waals surface area contributed by atoms with Gasteiger partial charge in [0, 0.05) is 73.9 Å². The molecule has 0 radical (unpaired) electrons. The normalized spacial score (nSPS) is 22.9. The minimum atomic E-state index is -1.59. The van der Waals surface area contributed by atoms with E-state index in [2.05, 4.69) is 52.8 Å². The number of nitrogens with one attached hydrogen (secondary N) is 10. The van der Waals surface area contributed by atoms with Crippen molar-refractivity contribution in [3.8, 4) is 5.75 Å². The summed E-state index contributed by atoms with van der Waals surface area (Å²) in [6.07, 6.45) is 3.59. The number of carboxylic acid groups (broad SMARTS) is 2. The van der Waals surface area contributed by atoms with Gasteiger partial charge in [-0.3, -0.25) is 43.2 Å². The van der Waals surface area contributed by atoms with E-state index >= 15 is 9.59 Å². The Bertz CT molecular complexity index is 4080. The number of nitrogens with zero attached hydrogens (tertiary/aromatic N) is 2. The molecular formula is C75H92N12O15. The zero-order valence-corrected chi connectivity index (χ0v) is 58.5. The third-order valence-electron chi connectivity index (χ3n) is 19.0. The van der Waals surface area contributed by atoms with Crippen LogP contribution in [0.1, 0.15) is 93.4 Å². The molecule has 12 atom stereocenters. The number of amides is 9. The lowest BCUT2D eigenvalue weighted by molar-refractivity contribution is -0.145. The van der Waals surface area contributed by atoms with Crippen LogP contribution in [0.2, 0.25) is 0 Å². The van der Waals surface area contributed by atoms with Gasteiger partial charge in [0.05, 0.1) is 24.8 Å². The van der Waals surface area contributed by atoms with Crippen LogP contribution >= 0.6 is 0 Å². The Kier molecular flexibility index (Phi) is 25.4. The van der Waals surface area contributed by atoms with Gasteiger partial charge in [-0.15, -0.1) is 0 Å². The van der Waals surface area contributed by atoms with Crippen LogP contribution in [0.15, 0.2) is 134 Å². The smallest absolute Gasteiger partial charge is 0.326 e. The second-order valence-corrected chi connectivity index (χ2v) is 27.3. The summed E-state index contributed by atoms with van der Waals surface area (Å²) in [5.74, 6) is -8.42. The van der Waals surface area contributed by atoms with Crippen LogP contribution in [0, 0.1) is 5.41 Å². The standard InChI is InChI=1S/C75H92N12O15/c1-9-55(80-64(88)42(2)76-7)71(95)87-41-53-38-62(87)70(94)82-58(36-50-39-78-56-19-13-12-18-54(50)56)68(92)84-59(73(97)98)33-44-20-26-48(27-21-44)66(90)79-51-37-61(86(40-51)72(96)63(75(4,5)6)85-65(89)43(3)77-8)69(93)81-57(35-46-22-25-47-16-10-11-17-49(47)32-46)67(91)83-60(74(99)100)34-45-23-28-52(29-24-45)101-30-14-15-31-102-53/h10-29,32,39,42-43,51,53,55,57-63,76-78H,9,30-31,33-38,40-41H2,1-8H3,(H,79,90)(H,80,88)(H,81,93)(H,82,94)(H,83,91)(H,84,92)(H,85,89)(H,97,98)(H,99,100)/b15-14+/t42-,43-,51-,53-,55-,57-,58-,59-,60-,61-,62?,63+/m0/s1. The number of likely N-dealkylation sites (tertiary alicyclic amines) is 2. The number of benzene rings is 5. The number of carboxylic acids is 2. The molecule has 6 aliphatic heterocycles.